The van der Waals surface area contributed by atoms with E-state index in [2.05, 4.69) is 4.18 Å². The standard InChI is InChI=1S/C15H15NO6S.Na.H/c16-12(7-9-14(17)18)15(19)22-23(20,21)13-8-6-10-4-2-1-3-5-11(10)13;;/h1-6,8,12H,7,9,16H2,(H,17,18);;/t12-;;/m0../s1. The Hall–Kier alpha value is -1.45. The normalized spacial score (nSPS) is 12.2. The number of carboxylic acids is 1. The summed E-state index contributed by atoms with van der Waals surface area (Å²) >= 11 is 0. The monoisotopic (exact) mass is 361 g/mol. The quantitative estimate of drug-likeness (QED) is 0.569. The summed E-state index contributed by atoms with van der Waals surface area (Å²) in [4.78, 5) is 22.1. The first kappa shape index (κ1) is 20.6. The number of fused-ring (bicyclic) bond motifs is 1. The summed E-state index contributed by atoms with van der Waals surface area (Å²) in [5.74, 6) is -2.31. The van der Waals surface area contributed by atoms with Crippen molar-refractivity contribution >= 4 is 51.6 Å². The van der Waals surface area contributed by atoms with Crippen LogP contribution in [0.25, 0.3) is 11.1 Å². The summed E-state index contributed by atoms with van der Waals surface area (Å²) < 4.78 is 29.0. The van der Waals surface area contributed by atoms with Crippen LogP contribution in [0.15, 0.2) is 47.4 Å². The molecule has 0 aliphatic heterocycles. The number of hydrogen-bond donors (Lipinski definition) is 2. The van der Waals surface area contributed by atoms with E-state index in [0.717, 1.165) is 0 Å². The van der Waals surface area contributed by atoms with E-state index in [1.165, 1.54) is 6.07 Å². The second kappa shape index (κ2) is 8.59. The van der Waals surface area contributed by atoms with E-state index in [1.807, 2.05) is 0 Å². The predicted molar refractivity (Wildman–Crippen MR) is 88.3 cm³/mol. The number of hydrogen-bond acceptors (Lipinski definition) is 6. The van der Waals surface area contributed by atoms with Crippen molar-refractivity contribution in [3.63, 3.8) is 0 Å². The van der Waals surface area contributed by atoms with Gasteiger partial charge in [0.1, 0.15) is 10.9 Å². The van der Waals surface area contributed by atoms with Crippen LogP contribution in [-0.2, 0) is 23.9 Å². The predicted octanol–water partition coefficient (Wildman–Crippen LogP) is 0.567. The van der Waals surface area contributed by atoms with Gasteiger partial charge in [-0.1, -0.05) is 36.4 Å². The number of carbonyl (C=O) groups is 2. The van der Waals surface area contributed by atoms with Gasteiger partial charge in [-0.15, -0.1) is 0 Å². The molecule has 1 atom stereocenters. The van der Waals surface area contributed by atoms with Crippen molar-refractivity contribution in [1.29, 1.82) is 0 Å². The average Bonchev–Trinajstić information content (AvgIpc) is 2.75. The summed E-state index contributed by atoms with van der Waals surface area (Å²) in [6, 6.07) is 10.1. The van der Waals surface area contributed by atoms with Gasteiger partial charge in [0.05, 0.1) is 0 Å². The Kier molecular flexibility index (Phi) is 7.37. The molecule has 2 aliphatic rings. The Morgan fingerprint density at radius 3 is 2.46 bits per heavy atom. The maximum absolute atomic E-state index is 12.2. The van der Waals surface area contributed by atoms with E-state index < -0.39 is 28.1 Å². The van der Waals surface area contributed by atoms with Gasteiger partial charge in [-0.3, -0.25) is 4.79 Å². The van der Waals surface area contributed by atoms with Gasteiger partial charge < -0.3 is 15.0 Å². The van der Waals surface area contributed by atoms with Crippen molar-refractivity contribution in [1.82, 2.24) is 0 Å². The van der Waals surface area contributed by atoms with Gasteiger partial charge in [-0.05, 0) is 18.1 Å². The first-order valence-electron chi connectivity index (χ1n) is 6.75. The minimum atomic E-state index is -4.33. The molecule has 124 valence electrons. The number of carbonyl (C=O) groups excluding carboxylic acids is 1. The molecule has 0 heterocycles. The summed E-state index contributed by atoms with van der Waals surface area (Å²) in [5.41, 5.74) is 6.56. The van der Waals surface area contributed by atoms with Gasteiger partial charge in [0, 0.05) is 12.0 Å². The topological polar surface area (TPSA) is 124 Å². The summed E-state index contributed by atoms with van der Waals surface area (Å²) in [6.45, 7) is 0. The van der Waals surface area contributed by atoms with E-state index in [-0.39, 0.29) is 47.3 Å². The summed E-state index contributed by atoms with van der Waals surface area (Å²) in [5, 5.41) is 8.54. The molecule has 0 fully saturated rings. The number of carboxylic acid groups (broad SMARTS) is 1. The molecule has 0 aromatic carbocycles. The van der Waals surface area contributed by atoms with Gasteiger partial charge in [-0.25, -0.2) is 4.79 Å². The van der Waals surface area contributed by atoms with Crippen molar-refractivity contribution in [2.45, 2.75) is 23.8 Å². The second-order valence-electron chi connectivity index (χ2n) is 4.87. The molecule has 0 radical (unpaired) electrons. The summed E-state index contributed by atoms with van der Waals surface area (Å²) in [7, 11) is -4.33. The van der Waals surface area contributed by atoms with Crippen LogP contribution in [-0.4, -0.2) is 61.1 Å². The molecule has 0 aromatic heterocycles. The number of rotatable bonds is 6. The van der Waals surface area contributed by atoms with Crippen LogP contribution in [0.4, 0.5) is 0 Å². The second-order valence-corrected chi connectivity index (χ2v) is 6.39. The molecule has 24 heavy (non-hydrogen) atoms. The molecule has 7 nitrogen and oxygen atoms in total. The van der Waals surface area contributed by atoms with Crippen LogP contribution in [0.1, 0.15) is 12.8 Å². The van der Waals surface area contributed by atoms with Gasteiger partial charge in [0.15, 0.2) is 0 Å². The van der Waals surface area contributed by atoms with Crippen LogP contribution in [0.2, 0.25) is 0 Å². The fourth-order valence-corrected chi connectivity index (χ4v) is 3.14. The SMILES string of the molecule is N[C@@H](CCC(=O)O)C(=O)OS(=O)(=O)c1ccc2cccccc1-2.[NaH]. The molecule has 0 bridgehead atoms. The molecular weight excluding hydrogens is 345 g/mol. The van der Waals surface area contributed by atoms with Gasteiger partial charge in [0.25, 0.3) is 0 Å². The van der Waals surface area contributed by atoms with E-state index in [0.29, 0.717) is 11.1 Å². The zero-order valence-corrected chi connectivity index (χ0v) is 12.8. The van der Waals surface area contributed by atoms with Crippen molar-refractivity contribution in [3.05, 3.63) is 42.5 Å². The fraction of sp³-hybridized carbons (Fsp3) is 0.200. The number of nitrogens with two attached hydrogens (primary N) is 1. The molecular formula is C15H16NNaO6S. The van der Waals surface area contributed by atoms with Crippen molar-refractivity contribution in [3.8, 4) is 11.1 Å². The zero-order valence-electron chi connectivity index (χ0n) is 12.0. The van der Waals surface area contributed by atoms with E-state index in [4.69, 9.17) is 10.8 Å². The zero-order chi connectivity index (χ0) is 17.0. The molecule has 0 unspecified atom stereocenters. The molecule has 0 saturated carbocycles. The molecule has 2 rings (SSSR count). The van der Waals surface area contributed by atoms with Crippen molar-refractivity contribution < 1.29 is 27.3 Å². The number of aliphatic carboxylic acids is 1. The Morgan fingerprint density at radius 2 is 1.79 bits per heavy atom. The molecule has 0 aromatic rings. The molecule has 0 spiro atoms. The third-order valence-electron chi connectivity index (χ3n) is 3.18. The van der Waals surface area contributed by atoms with Crippen molar-refractivity contribution in [2.75, 3.05) is 0 Å². The minimum absolute atomic E-state index is 0. The van der Waals surface area contributed by atoms with Gasteiger partial charge in [-0.2, -0.15) is 8.42 Å². The average molecular weight is 361 g/mol. The maximum atomic E-state index is 12.2. The first-order valence-corrected chi connectivity index (χ1v) is 8.15. The van der Waals surface area contributed by atoms with Crippen molar-refractivity contribution in [2.24, 2.45) is 5.73 Å². The van der Waals surface area contributed by atoms with Gasteiger partial charge >= 0.3 is 51.6 Å². The third kappa shape index (κ3) is 5.02. The van der Waals surface area contributed by atoms with E-state index in [1.54, 1.807) is 36.4 Å². The van der Waals surface area contributed by atoms with E-state index >= 15 is 0 Å². The van der Waals surface area contributed by atoms with Crippen LogP contribution in [0.3, 0.4) is 0 Å². The van der Waals surface area contributed by atoms with Crippen LogP contribution >= 0.6 is 0 Å². The molecule has 0 saturated heterocycles. The Labute approximate surface area is 161 Å². The van der Waals surface area contributed by atoms with Crippen LogP contribution < -0.4 is 5.73 Å². The Morgan fingerprint density at radius 1 is 1.12 bits per heavy atom. The Balaban J connectivity index is 0.00000288. The van der Waals surface area contributed by atoms with Crippen LogP contribution in [0.5, 0.6) is 0 Å². The summed E-state index contributed by atoms with van der Waals surface area (Å²) in [6.07, 6.45) is -0.564. The first-order chi connectivity index (χ1) is 10.8. The third-order valence-corrected chi connectivity index (χ3v) is 4.46. The fourth-order valence-electron chi connectivity index (χ4n) is 2.02. The molecule has 2 aliphatic carbocycles. The molecule has 0 amide bonds. The Bertz CT molecular complexity index is 807. The molecule has 9 heteroatoms. The molecule has 3 N–H and O–H groups in total. The van der Waals surface area contributed by atoms with Gasteiger partial charge in [0.2, 0.25) is 0 Å². The van der Waals surface area contributed by atoms with E-state index in [9.17, 15) is 18.0 Å². The van der Waals surface area contributed by atoms with Crippen LogP contribution in [0, 0.1) is 0 Å².